The van der Waals surface area contributed by atoms with Gasteiger partial charge in [0, 0.05) is 18.6 Å². The highest BCUT2D eigenvalue weighted by molar-refractivity contribution is 5.19. The second-order valence-electron chi connectivity index (χ2n) is 5.78. The first kappa shape index (κ1) is 12.2. The zero-order chi connectivity index (χ0) is 12.4. The summed E-state index contributed by atoms with van der Waals surface area (Å²) in [5.41, 5.74) is 1.44. The second-order valence-corrected chi connectivity index (χ2v) is 5.78. The van der Waals surface area contributed by atoms with Crippen molar-refractivity contribution in [1.29, 1.82) is 0 Å². The number of hydrogen-bond acceptors (Lipinski definition) is 2. The zero-order valence-corrected chi connectivity index (χ0v) is 11.3. The summed E-state index contributed by atoms with van der Waals surface area (Å²) in [6.45, 7) is 6.22. The smallest absolute Gasteiger partial charge is 0.0320 e. The van der Waals surface area contributed by atoms with E-state index in [9.17, 15) is 0 Å². The largest absolute Gasteiger partial charge is 0.307 e. The number of nitrogens with one attached hydrogen (secondary N) is 1. The minimum absolute atomic E-state index is 0.531. The molecule has 2 heterocycles. The molecule has 3 rings (SSSR count). The van der Waals surface area contributed by atoms with E-state index in [2.05, 4.69) is 47.5 Å². The topological polar surface area (TPSA) is 15.3 Å². The van der Waals surface area contributed by atoms with E-state index in [0.717, 1.165) is 12.0 Å². The normalized spacial score (nSPS) is 32.4. The molecule has 0 spiro atoms. The maximum atomic E-state index is 3.92. The van der Waals surface area contributed by atoms with E-state index < -0.39 is 0 Å². The van der Waals surface area contributed by atoms with Gasteiger partial charge in [-0.2, -0.15) is 0 Å². The zero-order valence-electron chi connectivity index (χ0n) is 11.3. The second kappa shape index (κ2) is 5.41. The molecule has 0 amide bonds. The number of nitrogens with zero attached hydrogens (tertiary/aromatic N) is 1. The summed E-state index contributed by atoms with van der Waals surface area (Å²) in [5.74, 6) is 0.886. The molecule has 0 radical (unpaired) electrons. The van der Waals surface area contributed by atoms with Crippen molar-refractivity contribution in [2.75, 3.05) is 19.6 Å². The molecule has 2 saturated heterocycles. The SMILES string of the molecule is CCC(NC1CCN2CCC1C2)c1ccccc1. The summed E-state index contributed by atoms with van der Waals surface area (Å²) < 4.78 is 0. The molecule has 18 heavy (non-hydrogen) atoms. The summed E-state index contributed by atoms with van der Waals surface area (Å²) in [5, 5.41) is 3.92. The third kappa shape index (κ3) is 2.45. The summed E-state index contributed by atoms with van der Waals surface area (Å²) in [4.78, 5) is 2.62. The molecule has 2 heteroatoms. The van der Waals surface area contributed by atoms with Gasteiger partial charge < -0.3 is 10.2 Å². The van der Waals surface area contributed by atoms with Gasteiger partial charge in [0.05, 0.1) is 0 Å². The Hall–Kier alpha value is -0.860. The van der Waals surface area contributed by atoms with Gasteiger partial charge >= 0.3 is 0 Å². The number of hydrogen-bond donors (Lipinski definition) is 1. The first-order valence-electron chi connectivity index (χ1n) is 7.40. The Bertz CT molecular complexity index is 376. The Kier molecular flexibility index (Phi) is 3.67. The molecule has 4 unspecified atom stereocenters. The van der Waals surface area contributed by atoms with Crippen LogP contribution in [0.15, 0.2) is 30.3 Å². The molecule has 1 N–H and O–H groups in total. The van der Waals surface area contributed by atoms with Gasteiger partial charge in [-0.1, -0.05) is 37.3 Å². The minimum atomic E-state index is 0.531. The summed E-state index contributed by atoms with van der Waals surface area (Å²) in [6, 6.07) is 12.2. The van der Waals surface area contributed by atoms with Crippen molar-refractivity contribution in [3.05, 3.63) is 35.9 Å². The summed E-state index contributed by atoms with van der Waals surface area (Å²) in [6.07, 6.45) is 3.90. The summed E-state index contributed by atoms with van der Waals surface area (Å²) >= 11 is 0. The number of piperidine rings is 1. The van der Waals surface area contributed by atoms with E-state index in [-0.39, 0.29) is 0 Å². The van der Waals surface area contributed by atoms with Gasteiger partial charge in [0.2, 0.25) is 0 Å². The van der Waals surface area contributed by atoms with Crippen LogP contribution in [-0.2, 0) is 0 Å². The molecule has 2 aliphatic rings. The van der Waals surface area contributed by atoms with Crippen LogP contribution in [0.2, 0.25) is 0 Å². The predicted molar refractivity (Wildman–Crippen MR) is 75.6 cm³/mol. The van der Waals surface area contributed by atoms with Crippen molar-refractivity contribution in [3.63, 3.8) is 0 Å². The molecule has 0 aromatic heterocycles. The summed E-state index contributed by atoms with van der Waals surface area (Å²) in [7, 11) is 0. The molecule has 98 valence electrons. The van der Waals surface area contributed by atoms with Gasteiger partial charge in [-0.15, -0.1) is 0 Å². The van der Waals surface area contributed by atoms with Gasteiger partial charge in [0.1, 0.15) is 0 Å². The molecule has 4 atom stereocenters. The fraction of sp³-hybridized carbons (Fsp3) is 0.625. The maximum Gasteiger partial charge on any atom is 0.0320 e. The van der Waals surface area contributed by atoms with Crippen LogP contribution in [0.4, 0.5) is 0 Å². The third-order valence-corrected chi connectivity index (χ3v) is 4.66. The first-order chi connectivity index (χ1) is 8.86. The van der Waals surface area contributed by atoms with Crippen LogP contribution in [0.25, 0.3) is 0 Å². The first-order valence-corrected chi connectivity index (χ1v) is 7.40. The lowest BCUT2D eigenvalue weighted by Gasteiger charge is -2.34. The third-order valence-electron chi connectivity index (χ3n) is 4.66. The van der Waals surface area contributed by atoms with Crippen molar-refractivity contribution in [2.24, 2.45) is 5.92 Å². The molecule has 0 aliphatic carbocycles. The van der Waals surface area contributed by atoms with Gasteiger partial charge in [-0.05, 0) is 43.8 Å². The lowest BCUT2D eigenvalue weighted by atomic mass is 9.92. The van der Waals surface area contributed by atoms with Crippen molar-refractivity contribution in [3.8, 4) is 0 Å². The van der Waals surface area contributed by atoms with E-state index in [4.69, 9.17) is 0 Å². The average Bonchev–Trinajstić information content (AvgIpc) is 2.82. The highest BCUT2D eigenvalue weighted by Crippen LogP contribution is 2.29. The Morgan fingerprint density at radius 3 is 2.78 bits per heavy atom. The number of benzene rings is 1. The molecule has 2 nitrogen and oxygen atoms in total. The highest BCUT2D eigenvalue weighted by Gasteiger charge is 2.34. The Labute approximate surface area is 110 Å². The molecule has 2 aliphatic heterocycles. The molecule has 2 bridgehead atoms. The van der Waals surface area contributed by atoms with Gasteiger partial charge in [0.15, 0.2) is 0 Å². The van der Waals surface area contributed by atoms with Crippen LogP contribution < -0.4 is 5.32 Å². The maximum absolute atomic E-state index is 3.92. The van der Waals surface area contributed by atoms with Gasteiger partial charge in [0.25, 0.3) is 0 Å². The van der Waals surface area contributed by atoms with Crippen LogP contribution in [-0.4, -0.2) is 30.6 Å². The van der Waals surface area contributed by atoms with Crippen molar-refractivity contribution >= 4 is 0 Å². The van der Waals surface area contributed by atoms with E-state index in [0.29, 0.717) is 6.04 Å². The van der Waals surface area contributed by atoms with Crippen LogP contribution >= 0.6 is 0 Å². The Morgan fingerprint density at radius 1 is 1.22 bits per heavy atom. The highest BCUT2D eigenvalue weighted by atomic mass is 15.2. The molecule has 0 saturated carbocycles. The van der Waals surface area contributed by atoms with Crippen LogP contribution in [0.3, 0.4) is 0 Å². The molecule has 1 aromatic rings. The van der Waals surface area contributed by atoms with Crippen molar-refractivity contribution in [1.82, 2.24) is 10.2 Å². The van der Waals surface area contributed by atoms with E-state index in [1.807, 2.05) is 0 Å². The standard InChI is InChI=1S/C16H24N2/c1-2-15(13-6-4-3-5-7-13)17-16-9-11-18-10-8-14(16)12-18/h3-7,14-17H,2,8-12H2,1H3. The average molecular weight is 244 g/mol. The lowest BCUT2D eigenvalue weighted by Crippen LogP contribution is -2.45. The minimum Gasteiger partial charge on any atom is -0.307 e. The molecule has 2 fully saturated rings. The Balaban J connectivity index is 1.67. The number of rotatable bonds is 4. The Morgan fingerprint density at radius 2 is 2.00 bits per heavy atom. The predicted octanol–water partition coefficient (Wildman–Crippen LogP) is 2.82. The van der Waals surface area contributed by atoms with E-state index in [1.54, 1.807) is 0 Å². The molecular weight excluding hydrogens is 220 g/mol. The monoisotopic (exact) mass is 244 g/mol. The quantitative estimate of drug-likeness (QED) is 0.876. The molecular formula is C16H24N2. The molecule has 1 aromatic carbocycles. The van der Waals surface area contributed by atoms with E-state index >= 15 is 0 Å². The lowest BCUT2D eigenvalue weighted by molar-refractivity contribution is 0.208. The van der Waals surface area contributed by atoms with Crippen molar-refractivity contribution < 1.29 is 0 Å². The van der Waals surface area contributed by atoms with Gasteiger partial charge in [-0.25, -0.2) is 0 Å². The van der Waals surface area contributed by atoms with Crippen LogP contribution in [0, 0.1) is 5.92 Å². The van der Waals surface area contributed by atoms with Crippen molar-refractivity contribution in [2.45, 2.75) is 38.3 Å². The van der Waals surface area contributed by atoms with E-state index in [1.165, 1.54) is 44.5 Å². The number of fused-ring (bicyclic) bond motifs is 2. The van der Waals surface area contributed by atoms with Gasteiger partial charge in [-0.3, -0.25) is 0 Å². The van der Waals surface area contributed by atoms with Crippen LogP contribution in [0.5, 0.6) is 0 Å². The fourth-order valence-corrected chi connectivity index (χ4v) is 3.56. The fourth-order valence-electron chi connectivity index (χ4n) is 3.56. The van der Waals surface area contributed by atoms with Crippen LogP contribution in [0.1, 0.15) is 37.8 Å².